The average Bonchev–Trinajstić information content (AvgIpc) is 2.01. The lowest BCUT2D eigenvalue weighted by Crippen LogP contribution is -2.11. The molecule has 0 heterocycles. The smallest absolute Gasteiger partial charge is 0.313 e. The molecule has 0 amide bonds. The highest BCUT2D eigenvalue weighted by atomic mass is 79.9. The molecule has 0 aliphatic heterocycles. The van der Waals surface area contributed by atoms with Crippen LogP contribution in [0.25, 0.3) is 0 Å². The molecule has 0 atom stereocenters. The Morgan fingerprint density at radius 2 is 1.83 bits per heavy atom. The second-order valence-electron chi connectivity index (χ2n) is 2.39. The van der Waals surface area contributed by atoms with Gasteiger partial charge < -0.3 is 4.74 Å². The van der Waals surface area contributed by atoms with Crippen molar-refractivity contribution in [2.75, 3.05) is 5.33 Å². The van der Waals surface area contributed by atoms with Crippen LogP contribution < -0.4 is 0 Å². The first kappa shape index (κ1) is 11.6. The van der Waals surface area contributed by atoms with Crippen molar-refractivity contribution in [1.29, 1.82) is 0 Å². The van der Waals surface area contributed by atoms with E-state index < -0.39 is 11.9 Å². The molecule has 0 spiro atoms. The number of ether oxygens (including phenoxy) is 1. The number of carbonyl (C=O) groups excluding carboxylic acids is 2. The highest BCUT2D eigenvalue weighted by Gasteiger charge is 2.07. The summed E-state index contributed by atoms with van der Waals surface area (Å²) < 4.78 is 4.49. The number of hydrogen-bond acceptors (Lipinski definition) is 3. The summed E-state index contributed by atoms with van der Waals surface area (Å²) in [7, 11) is 0. The molecule has 0 unspecified atom stereocenters. The lowest BCUT2D eigenvalue weighted by molar-refractivity contribution is -0.159. The summed E-state index contributed by atoms with van der Waals surface area (Å²) in [4.78, 5) is 21.6. The third-order valence-electron chi connectivity index (χ3n) is 1.20. The van der Waals surface area contributed by atoms with Gasteiger partial charge in [-0.15, -0.1) is 0 Å². The van der Waals surface area contributed by atoms with Crippen LogP contribution in [0.15, 0.2) is 0 Å². The second kappa shape index (κ2) is 7.28. The van der Waals surface area contributed by atoms with E-state index in [-0.39, 0.29) is 0 Å². The summed E-state index contributed by atoms with van der Waals surface area (Å²) in [6.07, 6.45) is 2.05. The molecular weight excluding hydrogens is 224 g/mol. The molecule has 0 fully saturated rings. The Bertz CT molecular complexity index is 156. The van der Waals surface area contributed by atoms with Crippen LogP contribution in [-0.2, 0) is 14.3 Å². The first-order valence-electron chi connectivity index (χ1n) is 4.00. The molecule has 0 aliphatic rings. The fraction of sp³-hybridized carbons (Fsp3) is 0.750. The first-order chi connectivity index (χ1) is 5.70. The van der Waals surface area contributed by atoms with Gasteiger partial charge >= 0.3 is 11.9 Å². The van der Waals surface area contributed by atoms with Crippen LogP contribution in [0.1, 0.15) is 32.6 Å². The fourth-order valence-electron chi connectivity index (χ4n) is 0.644. The molecule has 0 aromatic carbocycles. The molecular formula is C8H13BrO3. The molecule has 0 aromatic rings. The first-order valence-corrected chi connectivity index (χ1v) is 5.12. The second-order valence-corrected chi connectivity index (χ2v) is 3.18. The van der Waals surface area contributed by atoms with Crippen molar-refractivity contribution in [3.8, 4) is 0 Å². The Hall–Kier alpha value is -0.380. The molecule has 0 saturated heterocycles. The summed E-state index contributed by atoms with van der Waals surface area (Å²) >= 11 is 3.18. The van der Waals surface area contributed by atoms with E-state index in [0.29, 0.717) is 25.7 Å². The van der Waals surface area contributed by atoms with Crippen molar-refractivity contribution in [1.82, 2.24) is 0 Å². The van der Waals surface area contributed by atoms with Crippen molar-refractivity contribution in [3.05, 3.63) is 0 Å². The molecule has 12 heavy (non-hydrogen) atoms. The van der Waals surface area contributed by atoms with Gasteiger partial charge in [0.2, 0.25) is 0 Å². The summed E-state index contributed by atoms with van der Waals surface area (Å²) in [5.74, 6) is -0.843. The van der Waals surface area contributed by atoms with Gasteiger partial charge in [-0.25, -0.2) is 0 Å². The molecule has 0 aliphatic carbocycles. The Morgan fingerprint density at radius 1 is 1.25 bits per heavy atom. The predicted molar refractivity (Wildman–Crippen MR) is 49.0 cm³/mol. The van der Waals surface area contributed by atoms with Gasteiger partial charge in [0.1, 0.15) is 0 Å². The van der Waals surface area contributed by atoms with Gasteiger partial charge in [-0.3, -0.25) is 9.59 Å². The minimum absolute atomic E-state index is 0.306. The monoisotopic (exact) mass is 236 g/mol. The van der Waals surface area contributed by atoms with E-state index in [1.54, 1.807) is 0 Å². The maximum absolute atomic E-state index is 10.8. The van der Waals surface area contributed by atoms with E-state index >= 15 is 0 Å². The summed E-state index contributed by atoms with van der Waals surface area (Å²) in [6.45, 7) is 1.87. The van der Waals surface area contributed by atoms with E-state index in [0.717, 1.165) is 5.33 Å². The molecule has 0 radical (unpaired) electrons. The SMILES string of the molecule is CCCC(=O)OC(=O)CCCBr. The third kappa shape index (κ3) is 6.34. The van der Waals surface area contributed by atoms with Crippen molar-refractivity contribution in [3.63, 3.8) is 0 Å². The number of hydrogen-bond donors (Lipinski definition) is 0. The van der Waals surface area contributed by atoms with Gasteiger partial charge in [0.25, 0.3) is 0 Å². The van der Waals surface area contributed by atoms with E-state index in [9.17, 15) is 9.59 Å². The van der Waals surface area contributed by atoms with Gasteiger partial charge in [-0.2, -0.15) is 0 Å². The van der Waals surface area contributed by atoms with Gasteiger partial charge in [-0.1, -0.05) is 22.9 Å². The van der Waals surface area contributed by atoms with Crippen molar-refractivity contribution < 1.29 is 14.3 Å². The molecule has 0 aromatic heterocycles. The van der Waals surface area contributed by atoms with Crippen molar-refractivity contribution >= 4 is 27.9 Å². The summed E-state index contributed by atoms with van der Waals surface area (Å²) in [5.41, 5.74) is 0. The van der Waals surface area contributed by atoms with Gasteiger partial charge in [-0.05, 0) is 12.8 Å². The highest BCUT2D eigenvalue weighted by Crippen LogP contribution is 1.98. The van der Waals surface area contributed by atoms with Crippen molar-refractivity contribution in [2.45, 2.75) is 32.6 Å². The maximum Gasteiger partial charge on any atom is 0.313 e. The van der Waals surface area contributed by atoms with Gasteiger partial charge in [0, 0.05) is 18.2 Å². The Labute approximate surface area is 80.6 Å². The number of alkyl halides is 1. The van der Waals surface area contributed by atoms with Crippen LogP contribution in [-0.4, -0.2) is 17.3 Å². The van der Waals surface area contributed by atoms with E-state index in [1.165, 1.54) is 0 Å². The minimum atomic E-state index is -0.423. The molecule has 3 nitrogen and oxygen atoms in total. The van der Waals surface area contributed by atoms with Crippen molar-refractivity contribution in [2.24, 2.45) is 0 Å². The standard InChI is InChI=1S/C8H13BrO3/c1-2-4-7(10)12-8(11)5-3-6-9/h2-6H2,1H3. The number of halogens is 1. The number of rotatable bonds is 5. The molecule has 0 rings (SSSR count). The zero-order valence-corrected chi connectivity index (χ0v) is 8.72. The molecule has 0 bridgehead atoms. The maximum atomic E-state index is 10.8. The molecule has 0 N–H and O–H groups in total. The summed E-state index contributed by atoms with van der Waals surface area (Å²) in [6, 6.07) is 0. The van der Waals surface area contributed by atoms with E-state index in [2.05, 4.69) is 20.7 Å². The topological polar surface area (TPSA) is 43.4 Å². The van der Waals surface area contributed by atoms with Crippen LogP contribution in [0, 0.1) is 0 Å². The van der Waals surface area contributed by atoms with E-state index in [4.69, 9.17) is 0 Å². The molecule has 4 heteroatoms. The Balaban J connectivity index is 3.47. The minimum Gasteiger partial charge on any atom is -0.393 e. The van der Waals surface area contributed by atoms with Gasteiger partial charge in [0.15, 0.2) is 0 Å². The zero-order chi connectivity index (χ0) is 9.40. The largest absolute Gasteiger partial charge is 0.393 e. The number of carbonyl (C=O) groups is 2. The fourth-order valence-corrected chi connectivity index (χ4v) is 0.925. The van der Waals surface area contributed by atoms with Crippen LogP contribution >= 0.6 is 15.9 Å². The zero-order valence-electron chi connectivity index (χ0n) is 7.14. The van der Waals surface area contributed by atoms with Crippen LogP contribution in [0.4, 0.5) is 0 Å². The average molecular weight is 237 g/mol. The summed E-state index contributed by atoms with van der Waals surface area (Å²) in [5, 5.41) is 0.754. The Morgan fingerprint density at radius 3 is 2.33 bits per heavy atom. The predicted octanol–water partition coefficient (Wildman–Crippen LogP) is 2.03. The highest BCUT2D eigenvalue weighted by molar-refractivity contribution is 9.09. The van der Waals surface area contributed by atoms with Crippen LogP contribution in [0.5, 0.6) is 0 Å². The third-order valence-corrected chi connectivity index (χ3v) is 1.76. The molecule has 70 valence electrons. The van der Waals surface area contributed by atoms with Crippen LogP contribution in [0.2, 0.25) is 0 Å². The van der Waals surface area contributed by atoms with E-state index in [1.807, 2.05) is 6.92 Å². The molecule has 0 saturated carbocycles. The Kier molecular flexibility index (Phi) is 7.05. The normalized spacial score (nSPS) is 9.50. The quantitative estimate of drug-likeness (QED) is 0.417. The lowest BCUT2D eigenvalue weighted by Gasteiger charge is -1.99. The van der Waals surface area contributed by atoms with Crippen LogP contribution in [0.3, 0.4) is 0 Å². The lowest BCUT2D eigenvalue weighted by atomic mass is 10.3. The van der Waals surface area contributed by atoms with Gasteiger partial charge in [0.05, 0.1) is 0 Å². The number of esters is 2.